The van der Waals surface area contributed by atoms with E-state index in [1.807, 2.05) is 0 Å². The lowest BCUT2D eigenvalue weighted by Gasteiger charge is -2.22. The molecule has 1 aliphatic rings. The summed E-state index contributed by atoms with van der Waals surface area (Å²) < 4.78 is 11.4. The zero-order valence-electron chi connectivity index (χ0n) is 17.1. The van der Waals surface area contributed by atoms with Crippen molar-refractivity contribution in [3.63, 3.8) is 0 Å². The molecule has 0 aliphatic carbocycles. The predicted octanol–water partition coefficient (Wildman–Crippen LogP) is 4.94. The number of hydrogen-bond acceptors (Lipinski definition) is 6. The first-order valence-corrected chi connectivity index (χ1v) is 10.5. The van der Waals surface area contributed by atoms with E-state index in [1.165, 1.54) is 4.90 Å². The van der Waals surface area contributed by atoms with E-state index in [1.54, 1.807) is 67.6 Å². The summed E-state index contributed by atoms with van der Waals surface area (Å²) in [4.78, 5) is 27.3. The van der Waals surface area contributed by atoms with Crippen molar-refractivity contribution >= 4 is 39.2 Å². The van der Waals surface area contributed by atoms with Crippen molar-refractivity contribution in [2.75, 3.05) is 11.5 Å². The van der Waals surface area contributed by atoms with Gasteiger partial charge in [-0.1, -0.05) is 45.9 Å². The smallest absolute Gasteiger partial charge is 0.301 e. The van der Waals surface area contributed by atoms with E-state index >= 15 is 0 Å². The van der Waals surface area contributed by atoms with E-state index in [4.69, 9.17) is 9.26 Å². The Balaban J connectivity index is 1.84. The molecule has 1 amide bonds. The van der Waals surface area contributed by atoms with Gasteiger partial charge in [0.1, 0.15) is 23.9 Å². The molecule has 2 aromatic carbocycles. The van der Waals surface area contributed by atoms with Gasteiger partial charge in [0.2, 0.25) is 0 Å². The minimum absolute atomic E-state index is 0.0299. The number of aliphatic hydroxyl groups is 1. The molecule has 32 heavy (non-hydrogen) atoms. The van der Waals surface area contributed by atoms with Crippen LogP contribution in [0.5, 0.6) is 5.75 Å². The van der Waals surface area contributed by atoms with Gasteiger partial charge in [0.15, 0.2) is 5.82 Å². The molecule has 8 heteroatoms. The molecular weight excluding hydrogens is 476 g/mol. The van der Waals surface area contributed by atoms with Gasteiger partial charge in [0.05, 0.1) is 11.6 Å². The summed E-state index contributed by atoms with van der Waals surface area (Å²) in [7, 11) is 0. The molecule has 1 unspecified atom stereocenters. The summed E-state index contributed by atoms with van der Waals surface area (Å²) in [5.74, 6) is -0.600. The number of aromatic nitrogens is 1. The number of carbonyl (C=O) groups excluding carboxylic acids is 2. The molecule has 0 radical (unpaired) electrons. The summed E-state index contributed by atoms with van der Waals surface area (Å²) in [6.07, 6.45) is 1.62. The van der Waals surface area contributed by atoms with Crippen LogP contribution < -0.4 is 9.64 Å². The van der Waals surface area contributed by atoms with Crippen molar-refractivity contribution in [2.24, 2.45) is 0 Å². The molecule has 0 spiro atoms. The fourth-order valence-corrected chi connectivity index (χ4v) is 3.78. The van der Waals surface area contributed by atoms with Crippen molar-refractivity contribution in [2.45, 2.75) is 13.0 Å². The minimum Gasteiger partial charge on any atom is -0.507 e. The van der Waals surface area contributed by atoms with Gasteiger partial charge in [-0.2, -0.15) is 0 Å². The van der Waals surface area contributed by atoms with Crippen molar-refractivity contribution < 1.29 is 24.0 Å². The SMILES string of the molecule is C=CCOc1ccc(C(O)=C2C(=O)C(=O)N(c3cc(C)on3)C2c2ccc(Br)cc2)cc1. The maximum atomic E-state index is 13.1. The third kappa shape index (κ3) is 3.97. The van der Waals surface area contributed by atoms with E-state index < -0.39 is 17.7 Å². The van der Waals surface area contributed by atoms with Crippen LogP contribution in [0.3, 0.4) is 0 Å². The molecule has 0 bridgehead atoms. The molecule has 162 valence electrons. The van der Waals surface area contributed by atoms with Crippen LogP contribution in [0.15, 0.2) is 81.8 Å². The van der Waals surface area contributed by atoms with E-state index in [0.717, 1.165) is 4.47 Å². The summed E-state index contributed by atoms with van der Waals surface area (Å²) in [5, 5.41) is 15.0. The fourth-order valence-electron chi connectivity index (χ4n) is 3.52. The Hall–Kier alpha value is -3.65. The van der Waals surface area contributed by atoms with Gasteiger partial charge in [-0.05, 0) is 48.9 Å². The van der Waals surface area contributed by atoms with Crippen LogP contribution >= 0.6 is 15.9 Å². The Bertz CT molecular complexity index is 1210. The maximum Gasteiger partial charge on any atom is 0.301 e. The number of ether oxygens (including phenoxy) is 1. The summed E-state index contributed by atoms with van der Waals surface area (Å²) in [5.41, 5.74) is 0.991. The normalized spacial score (nSPS) is 17.6. The molecule has 1 aromatic heterocycles. The molecule has 1 aliphatic heterocycles. The number of benzene rings is 2. The third-order valence-electron chi connectivity index (χ3n) is 4.99. The number of nitrogens with zero attached hydrogens (tertiary/aromatic N) is 2. The predicted molar refractivity (Wildman–Crippen MR) is 122 cm³/mol. The summed E-state index contributed by atoms with van der Waals surface area (Å²) in [6.45, 7) is 5.64. The molecule has 4 rings (SSSR count). The van der Waals surface area contributed by atoms with E-state index in [-0.39, 0.29) is 17.2 Å². The second-order valence-corrected chi connectivity index (χ2v) is 8.06. The summed E-state index contributed by atoms with van der Waals surface area (Å²) >= 11 is 3.39. The van der Waals surface area contributed by atoms with E-state index in [9.17, 15) is 14.7 Å². The number of rotatable bonds is 6. The Morgan fingerprint density at radius 1 is 1.22 bits per heavy atom. The van der Waals surface area contributed by atoms with Crippen LogP contribution in [0, 0.1) is 6.92 Å². The molecule has 1 atom stereocenters. The number of aliphatic hydroxyl groups excluding tert-OH is 1. The van der Waals surface area contributed by atoms with Gasteiger partial charge < -0.3 is 14.4 Å². The van der Waals surface area contributed by atoms with Crippen LogP contribution in [-0.2, 0) is 9.59 Å². The van der Waals surface area contributed by atoms with Gasteiger partial charge in [0.25, 0.3) is 5.78 Å². The van der Waals surface area contributed by atoms with E-state index in [0.29, 0.717) is 29.2 Å². The topological polar surface area (TPSA) is 92.9 Å². The minimum atomic E-state index is -0.871. The number of anilines is 1. The van der Waals surface area contributed by atoms with Crippen LogP contribution in [0.2, 0.25) is 0 Å². The first-order valence-electron chi connectivity index (χ1n) is 9.74. The third-order valence-corrected chi connectivity index (χ3v) is 5.52. The molecule has 3 aromatic rings. The number of hydrogen-bond donors (Lipinski definition) is 1. The van der Waals surface area contributed by atoms with Gasteiger partial charge in [-0.15, -0.1) is 0 Å². The van der Waals surface area contributed by atoms with Gasteiger partial charge >= 0.3 is 5.91 Å². The van der Waals surface area contributed by atoms with Gasteiger partial charge in [-0.3, -0.25) is 14.5 Å². The lowest BCUT2D eigenvalue weighted by molar-refractivity contribution is -0.132. The number of aryl methyl sites for hydroxylation is 1. The quantitative estimate of drug-likeness (QED) is 0.226. The molecule has 2 heterocycles. The summed E-state index contributed by atoms with van der Waals surface area (Å²) in [6, 6.07) is 14.5. The molecule has 0 saturated carbocycles. The maximum absolute atomic E-state index is 13.1. The molecular formula is C24H19BrN2O5. The van der Waals surface area contributed by atoms with Crippen LogP contribution in [0.4, 0.5) is 5.82 Å². The number of amides is 1. The average molecular weight is 495 g/mol. The largest absolute Gasteiger partial charge is 0.507 e. The number of ketones is 1. The lowest BCUT2D eigenvalue weighted by Crippen LogP contribution is -2.29. The second-order valence-electron chi connectivity index (χ2n) is 7.14. The highest BCUT2D eigenvalue weighted by Gasteiger charge is 2.48. The van der Waals surface area contributed by atoms with Crippen LogP contribution in [-0.4, -0.2) is 28.6 Å². The van der Waals surface area contributed by atoms with E-state index in [2.05, 4.69) is 27.7 Å². The average Bonchev–Trinajstić information content (AvgIpc) is 3.33. The van der Waals surface area contributed by atoms with Crippen molar-refractivity contribution in [3.05, 3.63) is 94.2 Å². The lowest BCUT2D eigenvalue weighted by atomic mass is 9.95. The highest BCUT2D eigenvalue weighted by Crippen LogP contribution is 2.42. The van der Waals surface area contributed by atoms with Gasteiger partial charge in [0, 0.05) is 16.1 Å². The van der Waals surface area contributed by atoms with Crippen LogP contribution in [0.25, 0.3) is 5.76 Å². The Kier molecular flexibility index (Phi) is 5.96. The Morgan fingerprint density at radius 2 is 1.91 bits per heavy atom. The van der Waals surface area contributed by atoms with Crippen molar-refractivity contribution in [3.8, 4) is 5.75 Å². The Labute approximate surface area is 192 Å². The van der Waals surface area contributed by atoms with Crippen LogP contribution in [0.1, 0.15) is 22.9 Å². The molecule has 1 fully saturated rings. The first-order chi connectivity index (χ1) is 15.4. The standard InChI is InChI=1S/C24H19BrN2O5/c1-3-12-31-18-10-6-16(7-11-18)22(28)20-21(15-4-8-17(25)9-5-15)27(24(30)23(20)29)19-13-14(2)32-26-19/h3-11,13,21,28H,1,12H2,2H3. The van der Waals surface area contributed by atoms with Crippen molar-refractivity contribution in [1.29, 1.82) is 0 Å². The molecule has 1 saturated heterocycles. The molecule has 1 N–H and O–H groups in total. The zero-order chi connectivity index (χ0) is 22.8. The van der Waals surface area contributed by atoms with Crippen molar-refractivity contribution in [1.82, 2.24) is 5.16 Å². The van der Waals surface area contributed by atoms with Gasteiger partial charge in [-0.25, -0.2) is 0 Å². The fraction of sp³-hybridized carbons (Fsp3) is 0.125. The number of Topliss-reactive ketones (excluding diaryl/α,β-unsaturated/α-hetero) is 1. The molecule has 7 nitrogen and oxygen atoms in total. The monoisotopic (exact) mass is 494 g/mol. The zero-order valence-corrected chi connectivity index (χ0v) is 18.7. The highest BCUT2D eigenvalue weighted by molar-refractivity contribution is 9.10. The number of carbonyl (C=O) groups is 2. The highest BCUT2D eigenvalue weighted by atomic mass is 79.9. The number of halogens is 1. The first kappa shape index (κ1) is 21.6. The second kappa shape index (κ2) is 8.84. The Morgan fingerprint density at radius 3 is 2.50 bits per heavy atom.